The van der Waals surface area contributed by atoms with Crippen molar-refractivity contribution in [2.24, 2.45) is 0 Å². The molecule has 0 aliphatic rings. The highest BCUT2D eigenvalue weighted by Crippen LogP contribution is 2.16. The average molecular weight is 237 g/mol. The van der Waals surface area contributed by atoms with E-state index in [1.165, 1.54) is 11.1 Å². The van der Waals surface area contributed by atoms with Crippen LogP contribution in [0, 0.1) is 6.92 Å². The van der Waals surface area contributed by atoms with E-state index in [0.29, 0.717) is 19.8 Å². The summed E-state index contributed by atoms with van der Waals surface area (Å²) in [6.07, 6.45) is -0.443. The van der Waals surface area contributed by atoms with E-state index < -0.39 is 6.10 Å². The molecule has 3 nitrogen and oxygen atoms in total. The lowest BCUT2D eigenvalue weighted by molar-refractivity contribution is 0.0416. The Kier molecular flexibility index (Phi) is 6.19. The van der Waals surface area contributed by atoms with Gasteiger partial charge in [0.15, 0.2) is 0 Å². The standard InChI is InChI=1S/C14H23NO2/c1-4-17-10-13(16)9-15-12(3)14-8-6-5-7-11(14)2/h5-8,12-13,15-16H,4,9-10H2,1-3H3. The monoisotopic (exact) mass is 237 g/mol. The Hall–Kier alpha value is -0.900. The number of aryl methyl sites for hydroxylation is 1. The summed E-state index contributed by atoms with van der Waals surface area (Å²) in [5.74, 6) is 0. The molecular formula is C14H23NO2. The van der Waals surface area contributed by atoms with E-state index in [4.69, 9.17) is 4.74 Å². The van der Waals surface area contributed by atoms with Crippen LogP contribution in [0.5, 0.6) is 0 Å². The molecule has 0 saturated carbocycles. The first-order valence-electron chi connectivity index (χ1n) is 6.19. The lowest BCUT2D eigenvalue weighted by Gasteiger charge is -2.19. The largest absolute Gasteiger partial charge is 0.389 e. The molecule has 0 radical (unpaired) electrons. The molecule has 1 aromatic carbocycles. The molecule has 0 bridgehead atoms. The molecule has 17 heavy (non-hydrogen) atoms. The summed E-state index contributed by atoms with van der Waals surface area (Å²) in [5, 5.41) is 13.0. The summed E-state index contributed by atoms with van der Waals surface area (Å²) in [5.41, 5.74) is 2.54. The van der Waals surface area contributed by atoms with Gasteiger partial charge in [-0.1, -0.05) is 24.3 Å². The smallest absolute Gasteiger partial charge is 0.0897 e. The lowest BCUT2D eigenvalue weighted by atomic mass is 10.0. The van der Waals surface area contributed by atoms with E-state index >= 15 is 0 Å². The molecule has 0 amide bonds. The molecule has 0 heterocycles. The van der Waals surface area contributed by atoms with Crippen molar-refractivity contribution in [3.63, 3.8) is 0 Å². The van der Waals surface area contributed by atoms with Crippen molar-refractivity contribution < 1.29 is 9.84 Å². The van der Waals surface area contributed by atoms with Gasteiger partial charge in [-0.05, 0) is 31.9 Å². The fraction of sp³-hybridized carbons (Fsp3) is 0.571. The minimum absolute atomic E-state index is 0.243. The van der Waals surface area contributed by atoms with Crippen LogP contribution in [0.3, 0.4) is 0 Å². The van der Waals surface area contributed by atoms with E-state index in [0.717, 1.165) is 0 Å². The van der Waals surface area contributed by atoms with Crippen LogP contribution in [0.1, 0.15) is 31.0 Å². The van der Waals surface area contributed by atoms with Crippen LogP contribution in [0.2, 0.25) is 0 Å². The zero-order chi connectivity index (χ0) is 12.7. The van der Waals surface area contributed by atoms with Gasteiger partial charge in [-0.3, -0.25) is 0 Å². The van der Waals surface area contributed by atoms with Gasteiger partial charge in [0.05, 0.1) is 12.7 Å². The first-order chi connectivity index (χ1) is 8.15. The molecule has 0 fully saturated rings. The second kappa shape index (κ2) is 7.43. The summed E-state index contributed by atoms with van der Waals surface area (Å²) in [7, 11) is 0. The average Bonchev–Trinajstić information content (AvgIpc) is 2.34. The second-order valence-electron chi connectivity index (χ2n) is 4.30. The first-order valence-corrected chi connectivity index (χ1v) is 6.19. The normalized spacial score (nSPS) is 14.6. The van der Waals surface area contributed by atoms with Crippen LogP contribution < -0.4 is 5.32 Å². The molecule has 0 aromatic heterocycles. The fourth-order valence-corrected chi connectivity index (χ4v) is 1.81. The molecule has 2 atom stereocenters. The highest BCUT2D eigenvalue weighted by molar-refractivity contribution is 5.28. The fourth-order valence-electron chi connectivity index (χ4n) is 1.81. The SMILES string of the molecule is CCOCC(O)CNC(C)c1ccccc1C. The van der Waals surface area contributed by atoms with Gasteiger partial charge in [-0.15, -0.1) is 0 Å². The van der Waals surface area contributed by atoms with E-state index in [9.17, 15) is 5.11 Å². The zero-order valence-electron chi connectivity index (χ0n) is 10.9. The topological polar surface area (TPSA) is 41.5 Å². The van der Waals surface area contributed by atoms with Crippen molar-refractivity contribution in [2.75, 3.05) is 19.8 Å². The van der Waals surface area contributed by atoms with Crippen molar-refractivity contribution in [1.29, 1.82) is 0 Å². The zero-order valence-corrected chi connectivity index (χ0v) is 10.9. The number of hydrogen-bond acceptors (Lipinski definition) is 3. The van der Waals surface area contributed by atoms with Crippen LogP contribution in [-0.4, -0.2) is 31.0 Å². The van der Waals surface area contributed by atoms with E-state index in [2.05, 4.69) is 31.3 Å². The Bertz CT molecular complexity index is 328. The van der Waals surface area contributed by atoms with Crippen molar-refractivity contribution in [3.05, 3.63) is 35.4 Å². The van der Waals surface area contributed by atoms with Crippen molar-refractivity contribution >= 4 is 0 Å². The third-order valence-corrected chi connectivity index (χ3v) is 2.83. The number of benzene rings is 1. The number of rotatable bonds is 7. The van der Waals surface area contributed by atoms with Gasteiger partial charge >= 0.3 is 0 Å². The van der Waals surface area contributed by atoms with Crippen LogP contribution >= 0.6 is 0 Å². The minimum atomic E-state index is -0.443. The quantitative estimate of drug-likeness (QED) is 0.762. The van der Waals surface area contributed by atoms with Crippen LogP contribution in [0.4, 0.5) is 0 Å². The molecule has 0 saturated heterocycles. The van der Waals surface area contributed by atoms with E-state index in [-0.39, 0.29) is 6.04 Å². The molecule has 2 unspecified atom stereocenters. The summed E-state index contributed by atoms with van der Waals surface area (Å²) in [4.78, 5) is 0. The number of ether oxygens (including phenoxy) is 1. The predicted octanol–water partition coefficient (Wildman–Crippen LogP) is 2.04. The molecule has 0 aliphatic carbocycles. The van der Waals surface area contributed by atoms with E-state index in [1.807, 2.05) is 19.1 Å². The summed E-state index contributed by atoms with van der Waals surface area (Å²) in [6, 6.07) is 8.53. The van der Waals surface area contributed by atoms with E-state index in [1.54, 1.807) is 0 Å². The lowest BCUT2D eigenvalue weighted by Crippen LogP contribution is -2.32. The molecule has 1 rings (SSSR count). The Balaban J connectivity index is 2.39. The molecule has 96 valence electrons. The Morgan fingerprint density at radius 3 is 2.71 bits per heavy atom. The summed E-state index contributed by atoms with van der Waals surface area (Å²) >= 11 is 0. The first kappa shape index (κ1) is 14.2. The third kappa shape index (κ3) is 4.86. The van der Waals surface area contributed by atoms with Gasteiger partial charge < -0.3 is 15.2 Å². The number of nitrogens with one attached hydrogen (secondary N) is 1. The number of aliphatic hydroxyl groups excluding tert-OH is 1. The minimum Gasteiger partial charge on any atom is -0.389 e. The molecule has 0 aliphatic heterocycles. The van der Waals surface area contributed by atoms with Crippen molar-refractivity contribution in [3.8, 4) is 0 Å². The van der Waals surface area contributed by atoms with Crippen molar-refractivity contribution in [1.82, 2.24) is 5.32 Å². The summed E-state index contributed by atoms with van der Waals surface area (Å²) in [6.45, 7) is 7.72. The second-order valence-corrected chi connectivity index (χ2v) is 4.30. The number of hydrogen-bond donors (Lipinski definition) is 2. The highest BCUT2D eigenvalue weighted by Gasteiger charge is 2.10. The highest BCUT2D eigenvalue weighted by atomic mass is 16.5. The van der Waals surface area contributed by atoms with Crippen LogP contribution in [0.25, 0.3) is 0 Å². The van der Waals surface area contributed by atoms with Gasteiger partial charge in [-0.25, -0.2) is 0 Å². The van der Waals surface area contributed by atoms with Gasteiger partial charge in [0.2, 0.25) is 0 Å². The van der Waals surface area contributed by atoms with Crippen LogP contribution in [-0.2, 0) is 4.74 Å². The third-order valence-electron chi connectivity index (χ3n) is 2.83. The van der Waals surface area contributed by atoms with Gasteiger partial charge in [0.1, 0.15) is 0 Å². The molecular weight excluding hydrogens is 214 g/mol. The molecule has 3 heteroatoms. The maximum Gasteiger partial charge on any atom is 0.0897 e. The van der Waals surface area contributed by atoms with Crippen LogP contribution in [0.15, 0.2) is 24.3 Å². The Labute approximate surface area is 104 Å². The maximum absolute atomic E-state index is 9.66. The molecule has 2 N–H and O–H groups in total. The Morgan fingerprint density at radius 1 is 1.35 bits per heavy atom. The number of aliphatic hydroxyl groups is 1. The van der Waals surface area contributed by atoms with Gasteiger partial charge in [-0.2, -0.15) is 0 Å². The van der Waals surface area contributed by atoms with Gasteiger partial charge in [0, 0.05) is 19.2 Å². The molecule has 1 aromatic rings. The predicted molar refractivity (Wildman–Crippen MR) is 70.1 cm³/mol. The summed E-state index contributed by atoms with van der Waals surface area (Å²) < 4.78 is 5.17. The molecule has 0 spiro atoms. The Morgan fingerprint density at radius 2 is 2.06 bits per heavy atom. The van der Waals surface area contributed by atoms with Crippen molar-refractivity contribution in [2.45, 2.75) is 32.9 Å². The van der Waals surface area contributed by atoms with Gasteiger partial charge in [0.25, 0.3) is 0 Å². The maximum atomic E-state index is 9.66.